The summed E-state index contributed by atoms with van der Waals surface area (Å²) in [6.07, 6.45) is 7.03. The monoisotopic (exact) mass is 238 g/mol. The molecule has 0 bridgehead atoms. The van der Waals surface area contributed by atoms with Gasteiger partial charge in [-0.3, -0.25) is 0 Å². The molecule has 3 rings (SSSR count). The molecule has 0 spiro atoms. The summed E-state index contributed by atoms with van der Waals surface area (Å²) in [6.45, 7) is 2.44. The van der Waals surface area contributed by atoms with Crippen LogP contribution in [0.2, 0.25) is 0 Å². The summed E-state index contributed by atoms with van der Waals surface area (Å²) < 4.78 is 0. The Balaban J connectivity index is 1.97. The van der Waals surface area contributed by atoms with Crippen LogP contribution < -0.4 is 0 Å². The second-order valence-electron chi connectivity index (χ2n) is 5.83. The van der Waals surface area contributed by atoms with Crippen molar-refractivity contribution in [1.82, 2.24) is 0 Å². The van der Waals surface area contributed by atoms with Crippen molar-refractivity contribution in [2.75, 3.05) is 0 Å². The maximum atomic E-state index is 2.44. The SMILES string of the molecule is CC1CCCCCC1c1ccc2ccccc2c1. The first-order valence-corrected chi connectivity index (χ1v) is 7.33. The van der Waals surface area contributed by atoms with Gasteiger partial charge in [0.25, 0.3) is 0 Å². The van der Waals surface area contributed by atoms with Gasteiger partial charge in [0.1, 0.15) is 0 Å². The Morgan fingerprint density at radius 2 is 1.61 bits per heavy atom. The molecule has 0 aliphatic heterocycles. The Morgan fingerprint density at radius 3 is 2.50 bits per heavy atom. The summed E-state index contributed by atoms with van der Waals surface area (Å²) in [6, 6.07) is 15.8. The van der Waals surface area contributed by atoms with Crippen LogP contribution in [0.3, 0.4) is 0 Å². The second kappa shape index (κ2) is 5.14. The van der Waals surface area contributed by atoms with E-state index < -0.39 is 0 Å². The molecule has 18 heavy (non-hydrogen) atoms. The molecule has 2 atom stereocenters. The van der Waals surface area contributed by atoms with Crippen LogP contribution in [-0.4, -0.2) is 0 Å². The molecule has 1 aliphatic carbocycles. The van der Waals surface area contributed by atoms with Crippen molar-refractivity contribution in [1.29, 1.82) is 0 Å². The highest BCUT2D eigenvalue weighted by Gasteiger charge is 2.21. The molecule has 94 valence electrons. The second-order valence-corrected chi connectivity index (χ2v) is 5.83. The topological polar surface area (TPSA) is 0 Å². The molecule has 2 aromatic carbocycles. The molecule has 1 aliphatic rings. The fourth-order valence-corrected chi connectivity index (χ4v) is 3.43. The van der Waals surface area contributed by atoms with E-state index in [-0.39, 0.29) is 0 Å². The standard InChI is InChI=1S/C18H22/c1-14-7-3-2-4-10-18(14)17-12-11-15-8-5-6-9-16(15)13-17/h5-6,8-9,11-14,18H,2-4,7,10H2,1H3. The molecule has 0 heteroatoms. The van der Waals surface area contributed by atoms with Gasteiger partial charge in [0.2, 0.25) is 0 Å². The smallest absolute Gasteiger partial charge is 0.0136 e. The fraction of sp³-hybridized carbons (Fsp3) is 0.444. The van der Waals surface area contributed by atoms with Crippen molar-refractivity contribution in [3.63, 3.8) is 0 Å². The van der Waals surface area contributed by atoms with E-state index in [4.69, 9.17) is 0 Å². The quantitative estimate of drug-likeness (QED) is 0.573. The summed E-state index contributed by atoms with van der Waals surface area (Å²) in [5, 5.41) is 2.76. The van der Waals surface area contributed by atoms with Gasteiger partial charge in [-0.2, -0.15) is 0 Å². The van der Waals surface area contributed by atoms with Gasteiger partial charge in [0, 0.05) is 0 Å². The fourth-order valence-electron chi connectivity index (χ4n) is 3.43. The molecule has 1 fully saturated rings. The van der Waals surface area contributed by atoms with Crippen LogP contribution in [0.15, 0.2) is 42.5 Å². The van der Waals surface area contributed by atoms with Gasteiger partial charge in [0.15, 0.2) is 0 Å². The van der Waals surface area contributed by atoms with E-state index in [9.17, 15) is 0 Å². The number of rotatable bonds is 1. The van der Waals surface area contributed by atoms with Crippen molar-refractivity contribution in [3.8, 4) is 0 Å². The molecule has 0 aromatic heterocycles. The Bertz CT molecular complexity index is 526. The average molecular weight is 238 g/mol. The van der Waals surface area contributed by atoms with Gasteiger partial charge in [-0.25, -0.2) is 0 Å². The summed E-state index contributed by atoms with van der Waals surface area (Å²) in [7, 11) is 0. The molecule has 0 heterocycles. The number of hydrogen-bond donors (Lipinski definition) is 0. The summed E-state index contributed by atoms with van der Waals surface area (Å²) in [5.41, 5.74) is 1.56. The largest absolute Gasteiger partial charge is 0.0619 e. The van der Waals surface area contributed by atoms with Crippen molar-refractivity contribution in [2.24, 2.45) is 5.92 Å². The minimum absolute atomic E-state index is 0.775. The molecular formula is C18H22. The summed E-state index contributed by atoms with van der Waals surface area (Å²) in [5.74, 6) is 1.62. The molecule has 0 N–H and O–H groups in total. The van der Waals surface area contributed by atoms with Crippen LogP contribution in [0, 0.1) is 5.92 Å². The Morgan fingerprint density at radius 1 is 0.833 bits per heavy atom. The van der Waals surface area contributed by atoms with Crippen molar-refractivity contribution in [3.05, 3.63) is 48.0 Å². The lowest BCUT2D eigenvalue weighted by atomic mass is 9.83. The lowest BCUT2D eigenvalue weighted by Crippen LogP contribution is -2.07. The zero-order valence-corrected chi connectivity index (χ0v) is 11.2. The number of fused-ring (bicyclic) bond motifs is 1. The molecule has 0 amide bonds. The van der Waals surface area contributed by atoms with Crippen LogP contribution in [-0.2, 0) is 0 Å². The van der Waals surface area contributed by atoms with Crippen LogP contribution in [0.25, 0.3) is 10.8 Å². The first-order valence-electron chi connectivity index (χ1n) is 7.33. The van der Waals surface area contributed by atoms with Crippen LogP contribution in [0.5, 0.6) is 0 Å². The van der Waals surface area contributed by atoms with E-state index in [0.29, 0.717) is 0 Å². The minimum atomic E-state index is 0.775. The van der Waals surface area contributed by atoms with Crippen molar-refractivity contribution >= 4 is 10.8 Å². The third-order valence-corrected chi connectivity index (χ3v) is 4.56. The minimum Gasteiger partial charge on any atom is -0.0619 e. The van der Waals surface area contributed by atoms with Gasteiger partial charge in [-0.15, -0.1) is 0 Å². The highest BCUT2D eigenvalue weighted by Crippen LogP contribution is 2.37. The van der Waals surface area contributed by atoms with E-state index in [0.717, 1.165) is 11.8 Å². The van der Waals surface area contributed by atoms with E-state index in [1.807, 2.05) is 0 Å². The Hall–Kier alpha value is -1.30. The predicted molar refractivity (Wildman–Crippen MR) is 78.9 cm³/mol. The highest BCUT2D eigenvalue weighted by molar-refractivity contribution is 5.83. The lowest BCUT2D eigenvalue weighted by molar-refractivity contribution is 0.434. The molecular weight excluding hydrogens is 216 g/mol. The Kier molecular flexibility index (Phi) is 3.36. The van der Waals surface area contributed by atoms with Crippen LogP contribution >= 0.6 is 0 Å². The van der Waals surface area contributed by atoms with E-state index in [1.54, 1.807) is 5.56 Å². The summed E-state index contributed by atoms with van der Waals surface area (Å²) in [4.78, 5) is 0. The van der Waals surface area contributed by atoms with Crippen molar-refractivity contribution < 1.29 is 0 Å². The van der Waals surface area contributed by atoms with Gasteiger partial charge in [-0.05, 0) is 34.6 Å². The van der Waals surface area contributed by atoms with E-state index in [1.165, 1.54) is 42.9 Å². The normalized spacial score (nSPS) is 24.9. The van der Waals surface area contributed by atoms with Crippen LogP contribution in [0.1, 0.15) is 50.5 Å². The van der Waals surface area contributed by atoms with Gasteiger partial charge < -0.3 is 0 Å². The predicted octanol–water partition coefficient (Wildman–Crippen LogP) is 5.52. The molecule has 0 radical (unpaired) electrons. The first-order chi connectivity index (χ1) is 8.84. The van der Waals surface area contributed by atoms with Gasteiger partial charge in [0.05, 0.1) is 0 Å². The Labute approximate surface area is 110 Å². The molecule has 0 saturated heterocycles. The van der Waals surface area contributed by atoms with E-state index >= 15 is 0 Å². The van der Waals surface area contributed by atoms with Gasteiger partial charge in [-0.1, -0.05) is 75.1 Å². The molecule has 1 saturated carbocycles. The molecule has 2 aromatic rings. The van der Waals surface area contributed by atoms with E-state index in [2.05, 4.69) is 49.4 Å². The summed E-state index contributed by atoms with van der Waals surface area (Å²) >= 11 is 0. The van der Waals surface area contributed by atoms with Gasteiger partial charge >= 0.3 is 0 Å². The zero-order chi connectivity index (χ0) is 12.4. The zero-order valence-electron chi connectivity index (χ0n) is 11.2. The third kappa shape index (κ3) is 2.29. The molecule has 0 nitrogen and oxygen atoms in total. The highest BCUT2D eigenvalue weighted by atomic mass is 14.3. The average Bonchev–Trinajstić information content (AvgIpc) is 2.63. The van der Waals surface area contributed by atoms with Crippen molar-refractivity contribution in [2.45, 2.75) is 44.9 Å². The number of benzene rings is 2. The lowest BCUT2D eigenvalue weighted by Gasteiger charge is -2.22. The maximum absolute atomic E-state index is 2.44. The third-order valence-electron chi connectivity index (χ3n) is 4.56. The first kappa shape index (κ1) is 11.8. The maximum Gasteiger partial charge on any atom is -0.0136 e. The molecule has 2 unspecified atom stereocenters. The number of hydrogen-bond acceptors (Lipinski definition) is 0. The van der Waals surface area contributed by atoms with Crippen LogP contribution in [0.4, 0.5) is 0 Å².